The average Bonchev–Trinajstić information content (AvgIpc) is 2.93. The first-order chi connectivity index (χ1) is 9.31. The third-order valence-corrected chi connectivity index (χ3v) is 3.49. The van der Waals surface area contributed by atoms with E-state index in [1.54, 1.807) is 14.2 Å². The highest BCUT2D eigenvalue weighted by atomic mass is 16.5. The molecular weight excluding hydrogens is 242 g/mol. The summed E-state index contributed by atoms with van der Waals surface area (Å²) in [6.45, 7) is 0.974. The summed E-state index contributed by atoms with van der Waals surface area (Å²) in [5, 5.41) is 3.44. The Hall–Kier alpha value is -2.17. The van der Waals surface area contributed by atoms with Crippen LogP contribution in [0.1, 0.15) is 18.0 Å². The van der Waals surface area contributed by atoms with Gasteiger partial charge in [-0.15, -0.1) is 0 Å². The third kappa shape index (κ3) is 2.12. The fourth-order valence-corrected chi connectivity index (χ4v) is 2.45. The van der Waals surface area contributed by atoms with Crippen LogP contribution in [-0.2, 0) is 6.54 Å². The molecule has 0 saturated carbocycles. The van der Waals surface area contributed by atoms with Crippen LogP contribution in [-0.4, -0.2) is 23.8 Å². The zero-order valence-electron chi connectivity index (χ0n) is 11.1. The molecule has 0 bridgehead atoms. The van der Waals surface area contributed by atoms with Crippen molar-refractivity contribution in [2.24, 2.45) is 0 Å². The number of anilines is 1. The molecular formula is C14H17N3O2. The predicted molar refractivity (Wildman–Crippen MR) is 72.8 cm³/mol. The Kier molecular flexibility index (Phi) is 3.03. The molecule has 2 heterocycles. The highest BCUT2D eigenvalue weighted by Crippen LogP contribution is 2.33. The third-order valence-electron chi connectivity index (χ3n) is 3.49. The Bertz CT molecular complexity index is 580. The van der Waals surface area contributed by atoms with E-state index in [1.807, 2.05) is 24.5 Å². The number of aryl methyl sites for hydroxylation is 1. The van der Waals surface area contributed by atoms with Crippen LogP contribution in [0.3, 0.4) is 0 Å². The Morgan fingerprint density at radius 2 is 2.11 bits per heavy atom. The molecule has 1 atom stereocenters. The maximum absolute atomic E-state index is 5.35. The van der Waals surface area contributed by atoms with Crippen molar-refractivity contribution in [3.63, 3.8) is 0 Å². The van der Waals surface area contributed by atoms with Crippen molar-refractivity contribution in [3.8, 4) is 11.5 Å². The van der Waals surface area contributed by atoms with Gasteiger partial charge in [0, 0.05) is 18.9 Å². The molecule has 1 aliphatic heterocycles. The van der Waals surface area contributed by atoms with E-state index < -0.39 is 0 Å². The lowest BCUT2D eigenvalue weighted by atomic mass is 10.0. The molecule has 19 heavy (non-hydrogen) atoms. The van der Waals surface area contributed by atoms with Crippen LogP contribution >= 0.6 is 0 Å². The lowest BCUT2D eigenvalue weighted by Crippen LogP contribution is -2.21. The molecule has 0 spiro atoms. The van der Waals surface area contributed by atoms with Crippen LogP contribution in [0.5, 0.6) is 11.5 Å². The van der Waals surface area contributed by atoms with Gasteiger partial charge in [-0.1, -0.05) is 6.07 Å². The number of methoxy groups -OCH3 is 2. The molecule has 5 nitrogen and oxygen atoms in total. The number of ether oxygens (including phenoxy) is 2. The summed E-state index contributed by atoms with van der Waals surface area (Å²) in [5.41, 5.74) is 1.19. The molecule has 100 valence electrons. The Morgan fingerprint density at radius 3 is 2.89 bits per heavy atom. The van der Waals surface area contributed by atoms with Crippen molar-refractivity contribution >= 4 is 5.95 Å². The quantitative estimate of drug-likeness (QED) is 0.919. The maximum atomic E-state index is 5.35. The van der Waals surface area contributed by atoms with Gasteiger partial charge in [0.15, 0.2) is 11.5 Å². The van der Waals surface area contributed by atoms with E-state index >= 15 is 0 Å². The van der Waals surface area contributed by atoms with Crippen LogP contribution < -0.4 is 14.8 Å². The maximum Gasteiger partial charge on any atom is 0.203 e. The summed E-state index contributed by atoms with van der Waals surface area (Å²) in [4.78, 5) is 4.30. The predicted octanol–water partition coefficient (Wildman–Crippen LogP) is 2.46. The molecule has 1 N–H and O–H groups in total. The van der Waals surface area contributed by atoms with Crippen LogP contribution in [0.2, 0.25) is 0 Å². The van der Waals surface area contributed by atoms with Gasteiger partial charge in [0.2, 0.25) is 5.95 Å². The smallest absolute Gasteiger partial charge is 0.203 e. The summed E-state index contributed by atoms with van der Waals surface area (Å²) in [5.74, 6) is 2.44. The SMILES string of the molecule is COc1ccc(C2CCn3ccnc3N2)cc1OC. The van der Waals surface area contributed by atoms with E-state index in [4.69, 9.17) is 9.47 Å². The molecule has 1 unspecified atom stereocenters. The lowest BCUT2D eigenvalue weighted by molar-refractivity contribution is 0.354. The second-order valence-electron chi connectivity index (χ2n) is 4.54. The van der Waals surface area contributed by atoms with E-state index in [9.17, 15) is 0 Å². The van der Waals surface area contributed by atoms with E-state index in [1.165, 1.54) is 5.56 Å². The van der Waals surface area contributed by atoms with Crippen molar-refractivity contribution in [2.75, 3.05) is 19.5 Å². The molecule has 0 radical (unpaired) electrons. The molecule has 5 heteroatoms. The monoisotopic (exact) mass is 259 g/mol. The zero-order valence-corrected chi connectivity index (χ0v) is 11.1. The van der Waals surface area contributed by atoms with Crippen LogP contribution in [0.4, 0.5) is 5.95 Å². The lowest BCUT2D eigenvalue weighted by Gasteiger charge is -2.26. The number of imidazole rings is 1. The molecule has 0 amide bonds. The zero-order chi connectivity index (χ0) is 13.2. The topological polar surface area (TPSA) is 48.3 Å². The number of nitrogens with one attached hydrogen (secondary N) is 1. The van der Waals surface area contributed by atoms with Gasteiger partial charge in [-0.3, -0.25) is 0 Å². The molecule has 1 aromatic heterocycles. The second kappa shape index (κ2) is 4.84. The number of nitrogens with zero attached hydrogens (tertiary/aromatic N) is 2. The number of fused-ring (bicyclic) bond motifs is 1. The Balaban J connectivity index is 1.87. The number of hydrogen-bond donors (Lipinski definition) is 1. The average molecular weight is 259 g/mol. The van der Waals surface area contributed by atoms with Crippen molar-refractivity contribution in [2.45, 2.75) is 19.0 Å². The van der Waals surface area contributed by atoms with Gasteiger partial charge in [0.1, 0.15) is 0 Å². The van der Waals surface area contributed by atoms with Gasteiger partial charge >= 0.3 is 0 Å². The first kappa shape index (κ1) is 11.9. The first-order valence-electron chi connectivity index (χ1n) is 6.31. The first-order valence-corrected chi connectivity index (χ1v) is 6.31. The van der Waals surface area contributed by atoms with E-state index in [-0.39, 0.29) is 6.04 Å². The minimum Gasteiger partial charge on any atom is -0.493 e. The van der Waals surface area contributed by atoms with Gasteiger partial charge in [-0.05, 0) is 24.1 Å². The Morgan fingerprint density at radius 1 is 1.26 bits per heavy atom. The van der Waals surface area contributed by atoms with Gasteiger partial charge in [0.05, 0.1) is 20.3 Å². The number of aromatic nitrogens is 2. The van der Waals surface area contributed by atoms with Gasteiger partial charge in [-0.2, -0.15) is 0 Å². The molecule has 1 aliphatic rings. The van der Waals surface area contributed by atoms with Crippen LogP contribution in [0, 0.1) is 0 Å². The number of rotatable bonds is 3. The fraction of sp³-hybridized carbons (Fsp3) is 0.357. The highest BCUT2D eigenvalue weighted by Gasteiger charge is 2.20. The van der Waals surface area contributed by atoms with Crippen molar-refractivity contribution in [3.05, 3.63) is 36.2 Å². The normalized spacial score (nSPS) is 17.5. The number of hydrogen-bond acceptors (Lipinski definition) is 4. The largest absolute Gasteiger partial charge is 0.493 e. The minimum atomic E-state index is 0.259. The molecule has 0 aliphatic carbocycles. The van der Waals surface area contributed by atoms with Crippen LogP contribution in [0.15, 0.2) is 30.6 Å². The summed E-state index contributed by atoms with van der Waals surface area (Å²) in [7, 11) is 3.30. The fourth-order valence-electron chi connectivity index (χ4n) is 2.45. The minimum absolute atomic E-state index is 0.259. The van der Waals surface area contributed by atoms with Crippen molar-refractivity contribution in [1.82, 2.24) is 9.55 Å². The molecule has 0 saturated heterocycles. The summed E-state index contributed by atoms with van der Waals surface area (Å²) >= 11 is 0. The summed E-state index contributed by atoms with van der Waals surface area (Å²) in [6, 6.07) is 6.29. The van der Waals surface area contributed by atoms with Crippen molar-refractivity contribution in [1.29, 1.82) is 0 Å². The summed E-state index contributed by atoms with van der Waals surface area (Å²) < 4.78 is 12.7. The molecule has 1 aromatic carbocycles. The number of benzene rings is 1. The van der Waals surface area contributed by atoms with E-state index in [2.05, 4.69) is 20.9 Å². The van der Waals surface area contributed by atoms with Crippen molar-refractivity contribution < 1.29 is 9.47 Å². The van der Waals surface area contributed by atoms with Gasteiger partial charge in [-0.25, -0.2) is 4.98 Å². The van der Waals surface area contributed by atoms with E-state index in [0.717, 1.165) is 30.4 Å². The van der Waals surface area contributed by atoms with E-state index in [0.29, 0.717) is 0 Å². The molecule has 2 aromatic rings. The molecule has 3 rings (SSSR count). The second-order valence-corrected chi connectivity index (χ2v) is 4.54. The van der Waals surface area contributed by atoms with Crippen LogP contribution in [0.25, 0.3) is 0 Å². The van der Waals surface area contributed by atoms with Gasteiger partial charge in [0.25, 0.3) is 0 Å². The van der Waals surface area contributed by atoms with Gasteiger partial charge < -0.3 is 19.4 Å². The standard InChI is InChI=1S/C14H17N3O2/c1-18-12-4-3-10(9-13(12)19-2)11-5-7-17-8-6-15-14(17)16-11/h3-4,6,8-9,11H,5,7H2,1-2H3,(H,15,16). The Labute approximate surface area is 112 Å². The molecule has 0 fully saturated rings. The summed E-state index contributed by atoms with van der Waals surface area (Å²) in [6.07, 6.45) is 4.84. The highest BCUT2D eigenvalue weighted by molar-refractivity contribution is 5.46.